The minimum atomic E-state index is -0.557. The molecule has 0 aliphatic heterocycles. The second kappa shape index (κ2) is 10.4. The molecule has 4 aromatic rings. The summed E-state index contributed by atoms with van der Waals surface area (Å²) in [5, 5.41) is 11.0. The van der Waals surface area contributed by atoms with Gasteiger partial charge in [-0.3, -0.25) is 4.79 Å². The van der Waals surface area contributed by atoms with Crippen molar-refractivity contribution in [2.45, 2.75) is 37.9 Å². The van der Waals surface area contributed by atoms with Crippen LogP contribution in [0, 0.1) is 20.8 Å². The van der Waals surface area contributed by atoms with Gasteiger partial charge in [-0.2, -0.15) is 0 Å². The SMILES string of the molecule is Cc1cc(C)cc(NC(=O)[C@@H](Sc2nnc(COc3cccc(C)c3)o2)c2ccccc2)c1. The standard InChI is InChI=1S/C26H25N3O3S/c1-17-8-7-11-22(15-17)31-16-23-28-29-26(32-23)33-24(20-9-5-4-6-10-20)25(30)27-21-13-18(2)12-19(3)14-21/h4-15,24H,16H2,1-3H3,(H,27,30)/t24-/m0/s1. The number of aryl methyl sites for hydroxylation is 3. The molecule has 1 amide bonds. The monoisotopic (exact) mass is 459 g/mol. The largest absolute Gasteiger partial charge is 0.484 e. The van der Waals surface area contributed by atoms with Gasteiger partial charge in [-0.15, -0.1) is 10.2 Å². The third-order valence-electron chi connectivity index (χ3n) is 4.85. The van der Waals surface area contributed by atoms with E-state index in [0.717, 1.165) is 33.7 Å². The molecule has 0 unspecified atom stereocenters. The van der Waals surface area contributed by atoms with Crippen LogP contribution in [-0.4, -0.2) is 16.1 Å². The lowest BCUT2D eigenvalue weighted by Crippen LogP contribution is -2.19. The first-order valence-corrected chi connectivity index (χ1v) is 11.5. The maximum absolute atomic E-state index is 13.2. The van der Waals surface area contributed by atoms with Gasteiger partial charge in [0.1, 0.15) is 11.0 Å². The van der Waals surface area contributed by atoms with E-state index in [0.29, 0.717) is 11.1 Å². The first-order chi connectivity index (χ1) is 16.0. The molecular weight excluding hydrogens is 434 g/mol. The van der Waals surface area contributed by atoms with Crippen LogP contribution in [0.2, 0.25) is 0 Å². The molecule has 3 aromatic carbocycles. The first-order valence-electron chi connectivity index (χ1n) is 10.6. The Morgan fingerprint density at radius 3 is 2.42 bits per heavy atom. The molecule has 0 radical (unpaired) electrons. The van der Waals surface area contributed by atoms with E-state index in [9.17, 15) is 4.79 Å². The molecule has 0 aliphatic carbocycles. The molecule has 7 heteroatoms. The average molecular weight is 460 g/mol. The van der Waals surface area contributed by atoms with Gasteiger partial charge in [0.2, 0.25) is 5.91 Å². The second-order valence-corrected chi connectivity index (χ2v) is 8.90. The normalized spacial score (nSPS) is 11.7. The Hall–Kier alpha value is -3.58. The maximum atomic E-state index is 13.2. The lowest BCUT2D eigenvalue weighted by Gasteiger charge is -2.16. The third-order valence-corrected chi connectivity index (χ3v) is 5.94. The molecular formula is C26H25N3O3S. The highest BCUT2D eigenvalue weighted by Crippen LogP contribution is 2.35. The number of hydrogen-bond donors (Lipinski definition) is 1. The van der Waals surface area contributed by atoms with Gasteiger partial charge < -0.3 is 14.5 Å². The van der Waals surface area contributed by atoms with Crippen molar-refractivity contribution in [1.29, 1.82) is 0 Å². The van der Waals surface area contributed by atoms with Crippen LogP contribution in [-0.2, 0) is 11.4 Å². The molecule has 0 spiro atoms. The van der Waals surface area contributed by atoms with Gasteiger partial charge in [-0.25, -0.2) is 0 Å². The van der Waals surface area contributed by atoms with Crippen LogP contribution in [0.5, 0.6) is 5.75 Å². The maximum Gasteiger partial charge on any atom is 0.277 e. The van der Waals surface area contributed by atoms with Gasteiger partial charge in [0.15, 0.2) is 6.61 Å². The number of ether oxygens (including phenoxy) is 1. The van der Waals surface area contributed by atoms with Crippen molar-refractivity contribution >= 4 is 23.4 Å². The van der Waals surface area contributed by atoms with Crippen molar-refractivity contribution in [3.63, 3.8) is 0 Å². The molecule has 0 aliphatic rings. The zero-order chi connectivity index (χ0) is 23.2. The van der Waals surface area contributed by atoms with E-state index in [4.69, 9.17) is 9.15 Å². The molecule has 1 N–H and O–H groups in total. The van der Waals surface area contributed by atoms with Gasteiger partial charge >= 0.3 is 0 Å². The fraction of sp³-hybridized carbons (Fsp3) is 0.192. The number of benzene rings is 3. The van der Waals surface area contributed by atoms with Crippen molar-refractivity contribution in [1.82, 2.24) is 10.2 Å². The molecule has 33 heavy (non-hydrogen) atoms. The van der Waals surface area contributed by atoms with E-state index >= 15 is 0 Å². The summed E-state index contributed by atoms with van der Waals surface area (Å²) in [6.45, 7) is 6.17. The Bertz CT molecular complexity index is 1220. The van der Waals surface area contributed by atoms with Gasteiger partial charge in [-0.05, 0) is 79.1 Å². The summed E-state index contributed by atoms with van der Waals surface area (Å²) in [6, 6.07) is 23.3. The first kappa shape index (κ1) is 22.6. The minimum Gasteiger partial charge on any atom is -0.484 e. The Balaban J connectivity index is 1.48. The topological polar surface area (TPSA) is 77.2 Å². The molecule has 1 atom stereocenters. The van der Waals surface area contributed by atoms with Crippen LogP contribution < -0.4 is 10.1 Å². The number of thioether (sulfide) groups is 1. The number of carbonyl (C=O) groups is 1. The Kier molecular flexibility index (Phi) is 7.10. The van der Waals surface area contributed by atoms with Crippen LogP contribution in [0.25, 0.3) is 0 Å². The number of carbonyl (C=O) groups excluding carboxylic acids is 1. The summed E-state index contributed by atoms with van der Waals surface area (Å²) in [7, 11) is 0. The molecule has 0 bridgehead atoms. The summed E-state index contributed by atoms with van der Waals surface area (Å²) in [6.07, 6.45) is 0. The molecule has 0 saturated heterocycles. The van der Waals surface area contributed by atoms with E-state index in [1.807, 2.05) is 87.5 Å². The number of anilines is 1. The minimum absolute atomic E-state index is 0.155. The molecule has 168 valence electrons. The van der Waals surface area contributed by atoms with Crippen molar-refractivity contribution < 1.29 is 13.9 Å². The number of amides is 1. The van der Waals surface area contributed by atoms with Gasteiger partial charge in [-0.1, -0.05) is 48.5 Å². The summed E-state index contributed by atoms with van der Waals surface area (Å²) in [5.41, 5.74) is 4.89. The molecule has 0 fully saturated rings. The lowest BCUT2D eigenvalue weighted by molar-refractivity contribution is -0.115. The highest BCUT2D eigenvalue weighted by atomic mass is 32.2. The van der Waals surface area contributed by atoms with E-state index < -0.39 is 5.25 Å². The zero-order valence-electron chi connectivity index (χ0n) is 18.7. The van der Waals surface area contributed by atoms with Crippen LogP contribution >= 0.6 is 11.8 Å². The average Bonchev–Trinajstić information content (AvgIpc) is 3.23. The van der Waals surface area contributed by atoms with Crippen LogP contribution in [0.4, 0.5) is 5.69 Å². The van der Waals surface area contributed by atoms with Crippen LogP contribution in [0.15, 0.2) is 82.4 Å². The molecule has 1 heterocycles. The summed E-state index contributed by atoms with van der Waals surface area (Å²) >= 11 is 1.21. The lowest BCUT2D eigenvalue weighted by atomic mass is 10.1. The van der Waals surface area contributed by atoms with Crippen molar-refractivity contribution in [2.24, 2.45) is 0 Å². The van der Waals surface area contributed by atoms with Gasteiger partial charge in [0.05, 0.1) is 0 Å². The van der Waals surface area contributed by atoms with E-state index in [1.165, 1.54) is 11.8 Å². The summed E-state index contributed by atoms with van der Waals surface area (Å²) < 4.78 is 11.5. The number of hydrogen-bond acceptors (Lipinski definition) is 6. The van der Waals surface area contributed by atoms with E-state index in [-0.39, 0.29) is 12.5 Å². The van der Waals surface area contributed by atoms with Gasteiger partial charge in [0, 0.05) is 5.69 Å². The Morgan fingerprint density at radius 1 is 0.939 bits per heavy atom. The van der Waals surface area contributed by atoms with Crippen molar-refractivity contribution in [3.05, 3.63) is 101 Å². The molecule has 6 nitrogen and oxygen atoms in total. The third kappa shape index (κ3) is 6.23. The predicted octanol–water partition coefficient (Wildman–Crippen LogP) is 6.05. The fourth-order valence-corrected chi connectivity index (χ4v) is 4.34. The number of nitrogens with one attached hydrogen (secondary N) is 1. The second-order valence-electron chi connectivity index (χ2n) is 7.84. The Morgan fingerprint density at radius 2 is 1.70 bits per heavy atom. The van der Waals surface area contributed by atoms with Gasteiger partial charge in [0.25, 0.3) is 11.1 Å². The van der Waals surface area contributed by atoms with E-state index in [1.54, 1.807) is 0 Å². The zero-order valence-corrected chi connectivity index (χ0v) is 19.6. The predicted molar refractivity (Wildman–Crippen MR) is 129 cm³/mol. The quantitative estimate of drug-likeness (QED) is 0.323. The highest BCUT2D eigenvalue weighted by molar-refractivity contribution is 8.00. The smallest absolute Gasteiger partial charge is 0.277 e. The van der Waals surface area contributed by atoms with Crippen molar-refractivity contribution in [2.75, 3.05) is 5.32 Å². The van der Waals surface area contributed by atoms with Crippen LogP contribution in [0.3, 0.4) is 0 Å². The Labute approximate surface area is 197 Å². The number of rotatable bonds is 8. The van der Waals surface area contributed by atoms with Crippen molar-refractivity contribution in [3.8, 4) is 5.75 Å². The van der Waals surface area contributed by atoms with Crippen LogP contribution in [0.1, 0.15) is 33.4 Å². The molecule has 4 rings (SSSR count). The fourth-order valence-electron chi connectivity index (χ4n) is 3.45. The molecule has 1 aromatic heterocycles. The summed E-state index contributed by atoms with van der Waals surface area (Å²) in [4.78, 5) is 13.2. The summed E-state index contributed by atoms with van der Waals surface area (Å²) in [5.74, 6) is 0.921. The van der Waals surface area contributed by atoms with E-state index in [2.05, 4.69) is 21.6 Å². The number of aromatic nitrogens is 2. The molecule has 0 saturated carbocycles. The number of nitrogens with zero attached hydrogens (tertiary/aromatic N) is 2. The highest BCUT2D eigenvalue weighted by Gasteiger charge is 2.25.